The molecule has 0 N–H and O–H groups in total. The van der Waals surface area contributed by atoms with E-state index in [1.54, 1.807) is 38.1 Å². The van der Waals surface area contributed by atoms with Gasteiger partial charge in [0, 0.05) is 10.8 Å². The highest BCUT2D eigenvalue weighted by atomic mass is 16.8. The van der Waals surface area contributed by atoms with Gasteiger partial charge in [-0.3, -0.25) is 0 Å². The molecule has 48 heavy (non-hydrogen) atoms. The van der Waals surface area contributed by atoms with Crippen LogP contribution in [0.1, 0.15) is 62.3 Å². The molecule has 0 amide bonds. The molecule has 2 saturated heterocycles. The molecule has 0 aliphatic carbocycles. The van der Waals surface area contributed by atoms with Crippen molar-refractivity contribution < 1.29 is 47.5 Å². The quantitative estimate of drug-likeness (QED) is 0.159. The lowest BCUT2D eigenvalue weighted by Gasteiger charge is -2.26. The monoisotopic (exact) mass is 658 g/mol. The lowest BCUT2D eigenvalue weighted by molar-refractivity contribution is -0.175. The summed E-state index contributed by atoms with van der Waals surface area (Å²) in [5, 5.41) is 3.41. The van der Waals surface area contributed by atoms with Crippen molar-refractivity contribution in [1.82, 2.24) is 0 Å². The Morgan fingerprint density at radius 2 is 1.00 bits per heavy atom. The van der Waals surface area contributed by atoms with Crippen molar-refractivity contribution in [3.05, 3.63) is 83.9 Å². The van der Waals surface area contributed by atoms with E-state index < -0.39 is 47.9 Å². The second kappa shape index (κ2) is 13.7. The molecule has 0 unspecified atom stereocenters. The van der Waals surface area contributed by atoms with Crippen LogP contribution in [-0.4, -0.2) is 74.4 Å². The molecule has 0 aromatic heterocycles. The van der Waals surface area contributed by atoms with Crippen LogP contribution in [0.25, 0.3) is 21.5 Å². The van der Waals surface area contributed by atoms with E-state index in [0.29, 0.717) is 22.6 Å². The molecule has 0 bridgehead atoms. The first-order chi connectivity index (χ1) is 23.0. The minimum atomic E-state index is -0.931. The van der Waals surface area contributed by atoms with Crippen molar-refractivity contribution in [2.75, 3.05) is 26.4 Å². The Bertz CT molecular complexity index is 1670. The van der Waals surface area contributed by atoms with Gasteiger partial charge in [0.05, 0.1) is 24.3 Å². The SMILES string of the molecule is CCOC(=O)c1cc(OC[C@@H]2OC(C)(C)O[C@H]2[C@H]2OC(C)(C)O[C@@H]2COc2cc(C(=O)OCC)cc3ccccc23)c2ccccc2c1. The first-order valence-electron chi connectivity index (χ1n) is 16.3. The van der Waals surface area contributed by atoms with E-state index in [0.717, 1.165) is 21.5 Å². The minimum absolute atomic E-state index is 0.116. The normalized spacial score (nSPS) is 22.9. The highest BCUT2D eigenvalue weighted by Gasteiger charge is 2.54. The third kappa shape index (κ3) is 7.27. The van der Waals surface area contributed by atoms with Gasteiger partial charge in [0.2, 0.25) is 0 Å². The fourth-order valence-electron chi connectivity index (χ4n) is 6.34. The molecule has 2 heterocycles. The Hall–Kier alpha value is -4.22. The zero-order valence-electron chi connectivity index (χ0n) is 28.1. The molecule has 6 rings (SSSR count). The first kappa shape index (κ1) is 33.7. The summed E-state index contributed by atoms with van der Waals surface area (Å²) in [6, 6.07) is 22.4. The summed E-state index contributed by atoms with van der Waals surface area (Å²) in [6.45, 7) is 11.7. The van der Waals surface area contributed by atoms with E-state index in [1.165, 1.54) is 0 Å². The molecule has 0 saturated carbocycles. The average molecular weight is 659 g/mol. The van der Waals surface area contributed by atoms with Crippen LogP contribution in [-0.2, 0) is 28.4 Å². The fourth-order valence-corrected chi connectivity index (χ4v) is 6.34. The highest BCUT2D eigenvalue weighted by molar-refractivity contribution is 5.99. The molecule has 4 aromatic carbocycles. The van der Waals surface area contributed by atoms with Crippen molar-refractivity contribution in [2.45, 2.75) is 77.5 Å². The van der Waals surface area contributed by atoms with E-state index in [4.69, 9.17) is 37.9 Å². The van der Waals surface area contributed by atoms with Gasteiger partial charge in [-0.2, -0.15) is 0 Å². The maximum Gasteiger partial charge on any atom is 0.338 e. The Labute approximate surface area is 280 Å². The van der Waals surface area contributed by atoms with Gasteiger partial charge < -0.3 is 37.9 Å². The van der Waals surface area contributed by atoms with Crippen LogP contribution in [0, 0.1) is 0 Å². The van der Waals surface area contributed by atoms with Gasteiger partial charge in [0.15, 0.2) is 11.6 Å². The molecule has 254 valence electrons. The Kier molecular flexibility index (Phi) is 9.62. The molecule has 10 nitrogen and oxygen atoms in total. The van der Waals surface area contributed by atoms with E-state index in [-0.39, 0.29) is 26.4 Å². The highest BCUT2D eigenvalue weighted by Crippen LogP contribution is 2.40. The van der Waals surface area contributed by atoms with E-state index in [1.807, 2.05) is 76.2 Å². The van der Waals surface area contributed by atoms with Crippen molar-refractivity contribution in [3.8, 4) is 11.5 Å². The third-order valence-corrected chi connectivity index (χ3v) is 8.24. The predicted octanol–water partition coefficient (Wildman–Crippen LogP) is 6.84. The molecular weight excluding hydrogens is 616 g/mol. The molecule has 0 radical (unpaired) electrons. The summed E-state index contributed by atoms with van der Waals surface area (Å²) in [5.41, 5.74) is 0.800. The van der Waals surface area contributed by atoms with Gasteiger partial charge in [-0.25, -0.2) is 9.59 Å². The molecule has 4 aromatic rings. The molecule has 2 aliphatic heterocycles. The lowest BCUT2D eigenvalue weighted by atomic mass is 10.0. The molecular formula is C38H42O10. The van der Waals surface area contributed by atoms with Crippen LogP contribution in [0.4, 0.5) is 0 Å². The topological polar surface area (TPSA) is 108 Å². The number of fused-ring (bicyclic) bond motifs is 2. The summed E-state index contributed by atoms with van der Waals surface area (Å²) >= 11 is 0. The van der Waals surface area contributed by atoms with Gasteiger partial charge in [-0.15, -0.1) is 0 Å². The van der Waals surface area contributed by atoms with Gasteiger partial charge in [0.25, 0.3) is 0 Å². The molecule has 4 atom stereocenters. The van der Waals surface area contributed by atoms with Crippen LogP contribution in [0.5, 0.6) is 11.5 Å². The third-order valence-electron chi connectivity index (χ3n) is 8.24. The van der Waals surface area contributed by atoms with Gasteiger partial charge in [0.1, 0.15) is 49.1 Å². The maximum atomic E-state index is 12.6. The first-order valence-corrected chi connectivity index (χ1v) is 16.3. The number of rotatable bonds is 11. The lowest BCUT2D eigenvalue weighted by Crippen LogP contribution is -2.45. The maximum absolute atomic E-state index is 12.6. The summed E-state index contributed by atoms with van der Waals surface area (Å²) in [7, 11) is 0. The smallest absolute Gasteiger partial charge is 0.338 e. The summed E-state index contributed by atoms with van der Waals surface area (Å²) in [4.78, 5) is 25.3. The standard InChI is InChI=1S/C38H42O10/c1-7-41-35(39)25-17-23-13-9-11-15-27(23)29(19-25)43-21-31-33(47-37(3,4)45-31)34-32(46-38(5,6)48-34)22-44-30-20-26(36(40)42-8-2)18-24-14-10-12-16-28(24)30/h9-20,31-34H,7-8,21-22H2,1-6H3/t31-,32+,33+,34-. The summed E-state index contributed by atoms with van der Waals surface area (Å²) < 4.78 is 48.9. The zero-order valence-corrected chi connectivity index (χ0v) is 28.1. The molecule has 0 spiro atoms. The van der Waals surface area contributed by atoms with Gasteiger partial charge >= 0.3 is 11.9 Å². The second-order valence-electron chi connectivity index (χ2n) is 12.7. The number of hydrogen-bond donors (Lipinski definition) is 0. The van der Waals surface area contributed by atoms with Crippen molar-refractivity contribution in [1.29, 1.82) is 0 Å². The number of ether oxygens (including phenoxy) is 8. The van der Waals surface area contributed by atoms with Gasteiger partial charge in [-0.05, 0) is 76.6 Å². The molecule has 2 aliphatic rings. The van der Waals surface area contributed by atoms with Crippen LogP contribution in [0.15, 0.2) is 72.8 Å². The second-order valence-corrected chi connectivity index (χ2v) is 12.7. The number of esters is 2. The van der Waals surface area contributed by atoms with Crippen LogP contribution < -0.4 is 9.47 Å². The Balaban J connectivity index is 1.24. The van der Waals surface area contributed by atoms with Gasteiger partial charge in [-0.1, -0.05) is 48.5 Å². The Morgan fingerprint density at radius 3 is 1.40 bits per heavy atom. The number of carbonyl (C=O) groups is 2. The number of carbonyl (C=O) groups excluding carboxylic acids is 2. The summed E-state index contributed by atoms with van der Waals surface area (Å²) in [5.74, 6) is -1.65. The van der Waals surface area contributed by atoms with E-state index in [2.05, 4.69) is 0 Å². The van der Waals surface area contributed by atoms with Crippen molar-refractivity contribution in [2.24, 2.45) is 0 Å². The van der Waals surface area contributed by atoms with Crippen LogP contribution >= 0.6 is 0 Å². The van der Waals surface area contributed by atoms with Crippen LogP contribution in [0.3, 0.4) is 0 Å². The molecule has 2 fully saturated rings. The van der Waals surface area contributed by atoms with E-state index in [9.17, 15) is 9.59 Å². The largest absolute Gasteiger partial charge is 0.490 e. The zero-order chi connectivity index (χ0) is 34.1. The van der Waals surface area contributed by atoms with E-state index >= 15 is 0 Å². The minimum Gasteiger partial charge on any atom is -0.490 e. The number of hydrogen-bond acceptors (Lipinski definition) is 10. The summed E-state index contributed by atoms with van der Waals surface area (Å²) in [6.07, 6.45) is -2.28. The number of benzene rings is 4. The average Bonchev–Trinajstić information content (AvgIpc) is 3.55. The molecule has 10 heteroatoms. The fraction of sp³-hybridized carbons (Fsp3) is 0.421. The van der Waals surface area contributed by atoms with Crippen LogP contribution in [0.2, 0.25) is 0 Å². The Morgan fingerprint density at radius 1 is 0.604 bits per heavy atom. The van der Waals surface area contributed by atoms with Crippen molar-refractivity contribution >= 4 is 33.5 Å². The van der Waals surface area contributed by atoms with Crippen molar-refractivity contribution in [3.63, 3.8) is 0 Å². The predicted molar refractivity (Wildman–Crippen MR) is 178 cm³/mol.